The van der Waals surface area contributed by atoms with Gasteiger partial charge in [-0.05, 0) is 50.3 Å². The van der Waals surface area contributed by atoms with E-state index in [1.54, 1.807) is 0 Å². The van der Waals surface area contributed by atoms with Gasteiger partial charge in [0.2, 0.25) is 0 Å². The van der Waals surface area contributed by atoms with Crippen molar-refractivity contribution in [3.05, 3.63) is 23.8 Å². The van der Waals surface area contributed by atoms with Crippen molar-refractivity contribution in [3.8, 4) is 5.75 Å². The van der Waals surface area contributed by atoms with Crippen LogP contribution >= 0.6 is 0 Å². The van der Waals surface area contributed by atoms with Crippen molar-refractivity contribution in [2.45, 2.75) is 25.6 Å². The summed E-state index contributed by atoms with van der Waals surface area (Å²) in [7, 11) is 0. The summed E-state index contributed by atoms with van der Waals surface area (Å²) < 4.78 is 41.1. The van der Waals surface area contributed by atoms with Crippen molar-refractivity contribution in [3.63, 3.8) is 0 Å². The first-order valence-corrected chi connectivity index (χ1v) is 8.98. The minimum absolute atomic E-state index is 0.0860. The highest BCUT2D eigenvalue weighted by Crippen LogP contribution is 2.34. The Hall–Kier alpha value is -2.29. The van der Waals surface area contributed by atoms with Gasteiger partial charge in [0, 0.05) is 18.7 Å². The molecule has 3 saturated heterocycles. The lowest BCUT2D eigenvalue weighted by molar-refractivity contribution is -0.274. The molecule has 0 radical (unpaired) electrons. The number of carbonyl (C=O) groups excluding carboxylic acids is 1. The molecule has 9 heteroatoms. The van der Waals surface area contributed by atoms with Crippen LogP contribution in [0.15, 0.2) is 18.2 Å². The van der Waals surface area contributed by atoms with Crippen LogP contribution in [-0.4, -0.2) is 49.1 Å². The second-order valence-corrected chi connectivity index (χ2v) is 7.08. The van der Waals surface area contributed by atoms with E-state index in [1.807, 2.05) is 0 Å². The number of hydrogen-bond donors (Lipinski definition) is 3. The fourth-order valence-electron chi connectivity index (χ4n) is 3.97. The van der Waals surface area contributed by atoms with Crippen molar-refractivity contribution in [2.24, 2.45) is 11.8 Å². The number of rotatable bonds is 6. The molecule has 0 aromatic heterocycles. The number of fused-ring (bicyclic) bond motifs is 3. The monoisotopic (exact) mass is 384 g/mol. The Morgan fingerprint density at radius 3 is 2.63 bits per heavy atom. The number of nitrogen functional groups attached to an aromatic ring is 1. The molecule has 1 atom stereocenters. The van der Waals surface area contributed by atoms with E-state index in [-0.39, 0.29) is 11.3 Å². The lowest BCUT2D eigenvalue weighted by Gasteiger charge is -2.45. The van der Waals surface area contributed by atoms with E-state index >= 15 is 0 Å². The molecule has 0 unspecified atom stereocenters. The van der Waals surface area contributed by atoms with Gasteiger partial charge in [0.25, 0.3) is 5.91 Å². The van der Waals surface area contributed by atoms with Crippen LogP contribution in [0, 0.1) is 17.2 Å². The molecule has 148 valence electrons. The summed E-state index contributed by atoms with van der Waals surface area (Å²) in [6, 6.07) is 3.64. The summed E-state index contributed by atoms with van der Waals surface area (Å²) in [5, 5.41) is 10.7. The van der Waals surface area contributed by atoms with E-state index in [9.17, 15) is 18.0 Å². The number of para-hydroxylation sites is 1. The zero-order valence-corrected chi connectivity index (χ0v) is 14.8. The van der Waals surface area contributed by atoms with Gasteiger partial charge < -0.3 is 20.7 Å². The molecule has 4 rings (SSSR count). The summed E-state index contributed by atoms with van der Waals surface area (Å²) in [5.74, 6) is -0.0503. The average Bonchev–Trinajstić information content (AvgIpc) is 2.63. The van der Waals surface area contributed by atoms with Crippen LogP contribution in [0.3, 0.4) is 0 Å². The number of hydrogen-bond acceptors (Lipinski definition) is 5. The third kappa shape index (κ3) is 4.71. The maximum Gasteiger partial charge on any atom is 0.573 e. The smallest absolute Gasteiger partial charge is 0.404 e. The predicted molar refractivity (Wildman–Crippen MR) is 94.6 cm³/mol. The van der Waals surface area contributed by atoms with Gasteiger partial charge in [-0.15, -0.1) is 13.2 Å². The van der Waals surface area contributed by atoms with E-state index in [0.717, 1.165) is 32.1 Å². The minimum Gasteiger partial charge on any atom is -0.404 e. The molecule has 2 bridgehead atoms. The molecule has 1 aromatic carbocycles. The lowest BCUT2D eigenvalue weighted by atomic mass is 9.77. The van der Waals surface area contributed by atoms with E-state index < -0.39 is 23.7 Å². The zero-order chi connectivity index (χ0) is 19.6. The van der Waals surface area contributed by atoms with Crippen molar-refractivity contribution < 1.29 is 22.7 Å². The number of ether oxygens (including phenoxy) is 1. The third-order valence-corrected chi connectivity index (χ3v) is 5.38. The van der Waals surface area contributed by atoms with Crippen LogP contribution in [0.4, 0.5) is 18.9 Å². The summed E-state index contributed by atoms with van der Waals surface area (Å²) >= 11 is 0. The number of piperidine rings is 3. The minimum atomic E-state index is -4.90. The van der Waals surface area contributed by atoms with Gasteiger partial charge in [-0.1, -0.05) is 12.1 Å². The Labute approximate surface area is 155 Å². The molecule has 1 amide bonds. The Morgan fingerprint density at radius 1 is 1.33 bits per heavy atom. The second kappa shape index (κ2) is 7.75. The van der Waals surface area contributed by atoms with Gasteiger partial charge in [-0.25, -0.2) is 0 Å². The summed E-state index contributed by atoms with van der Waals surface area (Å²) in [4.78, 5) is 14.7. The largest absolute Gasteiger partial charge is 0.573 e. The van der Waals surface area contributed by atoms with Gasteiger partial charge >= 0.3 is 6.36 Å². The SMILES string of the molecule is N=C(C(=O)NCC[C@H]1CN2CCC1CC2)c1cccc(OC(F)(F)F)c1N. The molecule has 3 aliphatic heterocycles. The number of carbonyl (C=O) groups is 1. The number of halogens is 3. The third-order valence-electron chi connectivity index (χ3n) is 5.38. The van der Waals surface area contributed by atoms with Gasteiger partial charge in [0.15, 0.2) is 5.75 Å². The number of anilines is 1. The summed E-state index contributed by atoms with van der Waals surface area (Å²) in [6.45, 7) is 3.76. The van der Waals surface area contributed by atoms with Crippen LogP contribution in [0.1, 0.15) is 24.8 Å². The molecule has 3 heterocycles. The number of nitrogens with zero attached hydrogens (tertiary/aromatic N) is 1. The van der Waals surface area contributed by atoms with Crippen LogP contribution in [0.2, 0.25) is 0 Å². The van der Waals surface area contributed by atoms with Gasteiger partial charge in [-0.3, -0.25) is 10.2 Å². The van der Waals surface area contributed by atoms with E-state index in [1.165, 1.54) is 25.0 Å². The first-order chi connectivity index (χ1) is 12.7. The standard InChI is InChI=1S/C18H23F3N4O2/c19-18(20,21)27-14-3-1-2-13(15(14)22)16(23)17(26)24-7-4-12-10-25-8-5-11(12)6-9-25/h1-3,11-12,23H,4-10,22H2,(H,24,26)/t12-/m0/s1. The quantitative estimate of drug-likeness (QED) is 0.519. The molecular formula is C18H23F3N4O2. The highest BCUT2D eigenvalue weighted by molar-refractivity contribution is 6.45. The fraction of sp³-hybridized carbons (Fsp3) is 0.556. The van der Waals surface area contributed by atoms with Gasteiger partial charge in [-0.2, -0.15) is 0 Å². The molecule has 4 N–H and O–H groups in total. The molecular weight excluding hydrogens is 361 g/mol. The molecule has 1 aromatic rings. The molecule has 6 nitrogen and oxygen atoms in total. The maximum absolute atomic E-state index is 12.4. The second-order valence-electron chi connectivity index (χ2n) is 7.08. The van der Waals surface area contributed by atoms with Crippen molar-refractivity contribution in [2.75, 3.05) is 31.9 Å². The number of amides is 1. The Kier molecular flexibility index (Phi) is 5.59. The molecule has 0 aliphatic carbocycles. The van der Waals surface area contributed by atoms with E-state index in [4.69, 9.17) is 11.1 Å². The molecule has 0 spiro atoms. The zero-order valence-electron chi connectivity index (χ0n) is 14.8. The van der Waals surface area contributed by atoms with E-state index in [0.29, 0.717) is 18.4 Å². The van der Waals surface area contributed by atoms with Crippen LogP contribution in [0.25, 0.3) is 0 Å². The maximum atomic E-state index is 12.4. The number of nitrogens with two attached hydrogens (primary N) is 1. The van der Waals surface area contributed by atoms with Crippen molar-refractivity contribution >= 4 is 17.3 Å². The van der Waals surface area contributed by atoms with E-state index in [2.05, 4.69) is 15.0 Å². The normalized spacial score (nSPS) is 24.5. The Bertz CT molecular complexity index is 715. The highest BCUT2D eigenvalue weighted by Gasteiger charge is 2.34. The van der Waals surface area contributed by atoms with Gasteiger partial charge in [0.05, 0.1) is 5.69 Å². The van der Waals surface area contributed by atoms with Crippen LogP contribution in [0.5, 0.6) is 5.75 Å². The summed E-state index contributed by atoms with van der Waals surface area (Å²) in [6.07, 6.45) is -1.69. The molecule has 27 heavy (non-hydrogen) atoms. The van der Waals surface area contributed by atoms with Crippen LogP contribution < -0.4 is 15.8 Å². The fourth-order valence-corrected chi connectivity index (χ4v) is 3.97. The van der Waals surface area contributed by atoms with Crippen molar-refractivity contribution in [1.29, 1.82) is 5.41 Å². The first kappa shape index (κ1) is 19.5. The Balaban J connectivity index is 1.56. The molecule has 0 saturated carbocycles. The van der Waals surface area contributed by atoms with Crippen LogP contribution in [-0.2, 0) is 4.79 Å². The molecule has 3 aliphatic rings. The predicted octanol–water partition coefficient (Wildman–Crippen LogP) is 2.38. The summed E-state index contributed by atoms with van der Waals surface area (Å²) in [5.41, 5.74) is 4.72. The average molecular weight is 384 g/mol. The highest BCUT2D eigenvalue weighted by atomic mass is 19.4. The first-order valence-electron chi connectivity index (χ1n) is 8.98. The van der Waals surface area contributed by atoms with Gasteiger partial charge in [0.1, 0.15) is 5.71 Å². The van der Waals surface area contributed by atoms with Crippen molar-refractivity contribution in [1.82, 2.24) is 10.2 Å². The number of benzene rings is 1. The Morgan fingerprint density at radius 2 is 2.04 bits per heavy atom. The lowest BCUT2D eigenvalue weighted by Crippen LogP contribution is -2.48. The topological polar surface area (TPSA) is 91.4 Å². The molecule has 3 fully saturated rings. The number of nitrogens with one attached hydrogen (secondary N) is 2. The number of alkyl halides is 3.